The van der Waals surface area contributed by atoms with E-state index in [9.17, 15) is 4.79 Å². The molecule has 2 rings (SSSR count). The average Bonchev–Trinajstić information content (AvgIpc) is 2.77. The van der Waals surface area contributed by atoms with Crippen LogP contribution in [0, 0.1) is 0 Å². The lowest BCUT2D eigenvalue weighted by Gasteiger charge is -2.14. The molecule has 162 valence electrons. The minimum absolute atomic E-state index is 0.243. The van der Waals surface area contributed by atoms with Gasteiger partial charge in [0.25, 0.3) is 5.91 Å². The third-order valence-corrected chi connectivity index (χ3v) is 4.50. The number of para-hydroxylation sites is 1. The van der Waals surface area contributed by atoms with Crippen molar-refractivity contribution in [2.75, 3.05) is 20.3 Å². The molecule has 0 fully saturated rings. The van der Waals surface area contributed by atoms with Gasteiger partial charge in [0.1, 0.15) is 5.75 Å². The summed E-state index contributed by atoms with van der Waals surface area (Å²) in [5, 5.41) is 5.99. The van der Waals surface area contributed by atoms with E-state index in [1.807, 2.05) is 31.2 Å². The number of methoxy groups -OCH3 is 1. The SMILES string of the molecule is CCCCOc1ccc(CNC(=S)NC(=O)c2ccccc2OCCC)cc1OC. The van der Waals surface area contributed by atoms with Gasteiger partial charge in [-0.15, -0.1) is 0 Å². The Hall–Kier alpha value is -2.80. The lowest BCUT2D eigenvalue weighted by molar-refractivity contribution is 0.0972. The van der Waals surface area contributed by atoms with Gasteiger partial charge in [-0.2, -0.15) is 0 Å². The maximum Gasteiger partial charge on any atom is 0.261 e. The van der Waals surface area contributed by atoms with E-state index >= 15 is 0 Å². The van der Waals surface area contributed by atoms with Crippen LogP contribution in [0.15, 0.2) is 42.5 Å². The van der Waals surface area contributed by atoms with E-state index in [0.29, 0.717) is 42.6 Å². The van der Waals surface area contributed by atoms with Crippen molar-refractivity contribution in [2.45, 2.75) is 39.7 Å². The maximum absolute atomic E-state index is 12.6. The Balaban J connectivity index is 1.92. The summed E-state index contributed by atoms with van der Waals surface area (Å²) in [6, 6.07) is 12.8. The highest BCUT2D eigenvalue weighted by Gasteiger charge is 2.13. The van der Waals surface area contributed by atoms with Crippen LogP contribution in [0.1, 0.15) is 49.0 Å². The predicted octanol–water partition coefficient (Wildman–Crippen LogP) is 4.47. The topological polar surface area (TPSA) is 68.8 Å². The number of ether oxygens (including phenoxy) is 3. The van der Waals surface area contributed by atoms with E-state index in [4.69, 9.17) is 26.4 Å². The highest BCUT2D eigenvalue weighted by Crippen LogP contribution is 2.28. The van der Waals surface area contributed by atoms with Crippen LogP contribution >= 0.6 is 12.2 Å². The lowest BCUT2D eigenvalue weighted by Crippen LogP contribution is -2.39. The largest absolute Gasteiger partial charge is 0.493 e. The molecule has 1 amide bonds. The maximum atomic E-state index is 12.6. The zero-order valence-electron chi connectivity index (χ0n) is 17.8. The van der Waals surface area contributed by atoms with Crippen LogP contribution < -0.4 is 24.8 Å². The number of hydrogen-bond donors (Lipinski definition) is 2. The molecule has 6 nitrogen and oxygen atoms in total. The zero-order chi connectivity index (χ0) is 21.8. The van der Waals surface area contributed by atoms with Crippen molar-refractivity contribution in [2.24, 2.45) is 0 Å². The monoisotopic (exact) mass is 430 g/mol. The first-order valence-electron chi connectivity index (χ1n) is 10.2. The third kappa shape index (κ3) is 7.22. The molecule has 0 spiro atoms. The quantitative estimate of drug-likeness (QED) is 0.405. The highest BCUT2D eigenvalue weighted by atomic mass is 32.1. The van der Waals surface area contributed by atoms with Crippen LogP contribution in [0.2, 0.25) is 0 Å². The fourth-order valence-corrected chi connectivity index (χ4v) is 2.82. The molecule has 0 radical (unpaired) electrons. The molecule has 0 aromatic heterocycles. The Morgan fingerprint density at radius 2 is 1.73 bits per heavy atom. The Morgan fingerprint density at radius 3 is 2.47 bits per heavy atom. The number of carbonyl (C=O) groups excluding carboxylic acids is 1. The van der Waals surface area contributed by atoms with Crippen LogP contribution in [-0.2, 0) is 6.54 Å². The molecule has 0 aliphatic carbocycles. The second kappa shape index (κ2) is 12.7. The molecule has 0 bridgehead atoms. The smallest absolute Gasteiger partial charge is 0.261 e. The normalized spacial score (nSPS) is 10.2. The Bertz CT molecular complexity index is 842. The fourth-order valence-electron chi connectivity index (χ4n) is 2.66. The van der Waals surface area contributed by atoms with Crippen molar-refractivity contribution < 1.29 is 19.0 Å². The number of benzene rings is 2. The summed E-state index contributed by atoms with van der Waals surface area (Å²) in [5.41, 5.74) is 1.41. The van der Waals surface area contributed by atoms with Gasteiger partial charge in [0.05, 0.1) is 25.9 Å². The molecule has 0 atom stereocenters. The van der Waals surface area contributed by atoms with E-state index < -0.39 is 0 Å². The first-order valence-corrected chi connectivity index (χ1v) is 10.6. The van der Waals surface area contributed by atoms with Gasteiger partial charge in [0.15, 0.2) is 16.6 Å². The molecule has 2 aromatic rings. The molecule has 0 aliphatic rings. The molecule has 0 unspecified atom stereocenters. The van der Waals surface area contributed by atoms with Crippen molar-refractivity contribution in [1.82, 2.24) is 10.6 Å². The molecule has 0 saturated carbocycles. The number of thiocarbonyl (C=S) groups is 1. The van der Waals surface area contributed by atoms with Gasteiger partial charge in [-0.05, 0) is 54.9 Å². The molecule has 30 heavy (non-hydrogen) atoms. The van der Waals surface area contributed by atoms with E-state index in [1.54, 1.807) is 25.3 Å². The van der Waals surface area contributed by atoms with Crippen LogP contribution in [0.3, 0.4) is 0 Å². The molecule has 0 saturated heterocycles. The Labute approximate surface area is 183 Å². The number of unbranched alkanes of at least 4 members (excludes halogenated alkanes) is 1. The molecule has 0 heterocycles. The van der Waals surface area contributed by atoms with Crippen molar-refractivity contribution >= 4 is 23.2 Å². The van der Waals surface area contributed by atoms with Crippen molar-refractivity contribution in [1.29, 1.82) is 0 Å². The van der Waals surface area contributed by atoms with E-state index in [1.165, 1.54) is 0 Å². The summed E-state index contributed by atoms with van der Waals surface area (Å²) < 4.78 is 16.8. The van der Waals surface area contributed by atoms with E-state index in [2.05, 4.69) is 17.6 Å². The van der Waals surface area contributed by atoms with Crippen molar-refractivity contribution in [3.8, 4) is 17.2 Å². The minimum Gasteiger partial charge on any atom is -0.493 e. The lowest BCUT2D eigenvalue weighted by atomic mass is 10.2. The summed E-state index contributed by atoms with van der Waals surface area (Å²) in [4.78, 5) is 12.6. The van der Waals surface area contributed by atoms with E-state index in [-0.39, 0.29) is 11.0 Å². The standard InChI is InChI=1S/C23H30N2O4S/c1-4-6-14-29-20-12-11-17(15-21(20)27-3)16-24-23(30)25-22(26)18-9-7-8-10-19(18)28-13-5-2/h7-12,15H,4-6,13-14,16H2,1-3H3,(H2,24,25,26,30). The van der Waals surface area contributed by atoms with Gasteiger partial charge in [-0.1, -0.05) is 38.5 Å². The van der Waals surface area contributed by atoms with Crippen LogP contribution in [-0.4, -0.2) is 31.3 Å². The number of nitrogens with one attached hydrogen (secondary N) is 2. The van der Waals surface area contributed by atoms with E-state index in [0.717, 1.165) is 24.8 Å². The molecular weight excluding hydrogens is 400 g/mol. The van der Waals surface area contributed by atoms with Gasteiger partial charge < -0.3 is 19.5 Å². The van der Waals surface area contributed by atoms with Gasteiger partial charge >= 0.3 is 0 Å². The molecule has 0 aliphatic heterocycles. The first kappa shape index (κ1) is 23.5. The molecule has 2 aromatic carbocycles. The summed E-state index contributed by atoms with van der Waals surface area (Å²) in [7, 11) is 1.61. The Kier molecular flexibility index (Phi) is 9.94. The minimum atomic E-state index is -0.309. The van der Waals surface area contributed by atoms with Gasteiger partial charge in [-0.25, -0.2) is 0 Å². The summed E-state index contributed by atoms with van der Waals surface area (Å²) in [5.74, 6) is 1.62. The van der Waals surface area contributed by atoms with Gasteiger partial charge in [0, 0.05) is 6.54 Å². The Morgan fingerprint density at radius 1 is 0.967 bits per heavy atom. The van der Waals surface area contributed by atoms with Crippen molar-refractivity contribution in [3.63, 3.8) is 0 Å². The summed E-state index contributed by atoms with van der Waals surface area (Å²) in [6.45, 7) is 5.78. The number of rotatable bonds is 11. The summed E-state index contributed by atoms with van der Waals surface area (Å²) >= 11 is 5.28. The first-order chi connectivity index (χ1) is 14.6. The highest BCUT2D eigenvalue weighted by molar-refractivity contribution is 7.80. The second-order valence-corrected chi connectivity index (χ2v) is 7.08. The van der Waals surface area contributed by atoms with Crippen molar-refractivity contribution in [3.05, 3.63) is 53.6 Å². The second-order valence-electron chi connectivity index (χ2n) is 6.67. The van der Waals surface area contributed by atoms with Gasteiger partial charge in [0.2, 0.25) is 0 Å². The van der Waals surface area contributed by atoms with Crippen LogP contribution in [0.25, 0.3) is 0 Å². The molecule has 2 N–H and O–H groups in total. The van der Waals surface area contributed by atoms with Crippen LogP contribution in [0.4, 0.5) is 0 Å². The average molecular weight is 431 g/mol. The number of amides is 1. The third-order valence-electron chi connectivity index (χ3n) is 4.26. The zero-order valence-corrected chi connectivity index (χ0v) is 18.6. The number of carbonyl (C=O) groups is 1. The van der Waals surface area contributed by atoms with Crippen LogP contribution in [0.5, 0.6) is 17.2 Å². The predicted molar refractivity (Wildman–Crippen MR) is 123 cm³/mol. The molecular formula is C23H30N2O4S. The number of hydrogen-bond acceptors (Lipinski definition) is 5. The fraction of sp³-hybridized carbons (Fsp3) is 0.391. The summed E-state index contributed by atoms with van der Waals surface area (Å²) in [6.07, 6.45) is 2.93. The molecule has 7 heteroatoms. The van der Waals surface area contributed by atoms with Gasteiger partial charge in [-0.3, -0.25) is 10.1 Å².